The van der Waals surface area contributed by atoms with E-state index < -0.39 is 16.8 Å². The third kappa shape index (κ3) is 6.05. The molecule has 2 aromatic rings. The molecule has 0 bridgehead atoms. The summed E-state index contributed by atoms with van der Waals surface area (Å²) < 4.78 is 5.47. The molecular formula is C24H28N6O3S2. The highest BCUT2D eigenvalue weighted by Crippen LogP contribution is 2.40. The summed E-state index contributed by atoms with van der Waals surface area (Å²) in [7, 11) is 0. The van der Waals surface area contributed by atoms with Gasteiger partial charge in [0.05, 0.1) is 11.1 Å². The Bertz CT molecular complexity index is 1170. The van der Waals surface area contributed by atoms with Crippen LogP contribution in [-0.4, -0.2) is 53.7 Å². The first-order valence-electron chi connectivity index (χ1n) is 11.2. The van der Waals surface area contributed by atoms with Crippen LogP contribution in [0.2, 0.25) is 0 Å². The first-order chi connectivity index (χ1) is 16.6. The number of thiophene rings is 1. The quantitative estimate of drug-likeness (QED) is 0.577. The molecule has 1 unspecified atom stereocenters. The summed E-state index contributed by atoms with van der Waals surface area (Å²) in [5.74, 6) is -0.0859. The van der Waals surface area contributed by atoms with Gasteiger partial charge in [0, 0.05) is 26.2 Å². The summed E-state index contributed by atoms with van der Waals surface area (Å²) in [6, 6.07) is 6.22. The summed E-state index contributed by atoms with van der Waals surface area (Å²) in [5.41, 5.74) is 7.05. The van der Waals surface area contributed by atoms with Crippen LogP contribution >= 0.6 is 23.1 Å². The molecule has 0 aromatic carbocycles. The van der Waals surface area contributed by atoms with Crippen molar-refractivity contribution in [1.29, 1.82) is 10.5 Å². The summed E-state index contributed by atoms with van der Waals surface area (Å²) in [6.45, 7) is 9.05. The molecule has 1 fully saturated rings. The van der Waals surface area contributed by atoms with Crippen LogP contribution < -0.4 is 10.6 Å². The van der Waals surface area contributed by atoms with Crippen LogP contribution in [0.1, 0.15) is 55.2 Å². The van der Waals surface area contributed by atoms with Gasteiger partial charge in [-0.2, -0.15) is 21.9 Å². The average molecular weight is 513 g/mol. The largest absolute Gasteiger partial charge is 0.444 e. The Hall–Kier alpha value is -3.28. The summed E-state index contributed by atoms with van der Waals surface area (Å²) >= 11 is 2.57. The fraction of sp³-hybridized carbons (Fsp3) is 0.458. The molecule has 11 heteroatoms. The van der Waals surface area contributed by atoms with Crippen LogP contribution in [0.25, 0.3) is 0 Å². The second kappa shape index (κ2) is 11.0. The molecule has 0 spiro atoms. The van der Waals surface area contributed by atoms with Crippen molar-refractivity contribution in [3.05, 3.63) is 39.1 Å². The smallest absolute Gasteiger partial charge is 0.410 e. The topological polar surface area (TPSA) is 136 Å². The number of anilines is 1. The summed E-state index contributed by atoms with van der Waals surface area (Å²) in [6.07, 6.45) is 0.0721. The van der Waals surface area contributed by atoms with Crippen molar-refractivity contribution in [3.8, 4) is 12.1 Å². The van der Waals surface area contributed by atoms with E-state index in [9.17, 15) is 20.1 Å². The molecule has 2 N–H and O–H groups in total. The van der Waals surface area contributed by atoms with Gasteiger partial charge >= 0.3 is 6.09 Å². The number of carbonyl (C=O) groups excluding carboxylic acids is 2. The zero-order chi connectivity index (χ0) is 25.8. The van der Waals surface area contributed by atoms with Gasteiger partial charge in [-0.25, -0.2) is 9.78 Å². The molecule has 184 valence electrons. The molecule has 3 rings (SSSR count). The lowest BCUT2D eigenvalue weighted by Gasteiger charge is -2.36. The minimum absolute atomic E-state index is 0.284. The number of hydrogen-bond acceptors (Lipinski definition) is 9. The van der Waals surface area contributed by atoms with Gasteiger partial charge in [0.2, 0.25) is 5.91 Å². The Kier molecular flexibility index (Phi) is 8.26. The second-order valence-corrected chi connectivity index (χ2v) is 10.8. The number of primary amides is 1. The number of hydrogen-bond donors (Lipinski definition) is 1. The Labute approximate surface area is 213 Å². The molecular weight excluding hydrogens is 484 g/mol. The van der Waals surface area contributed by atoms with Gasteiger partial charge in [0.25, 0.3) is 0 Å². The minimum atomic E-state index is -0.713. The number of rotatable bonds is 6. The maximum absolute atomic E-state index is 12.5. The third-order valence-electron chi connectivity index (χ3n) is 5.39. The third-order valence-corrected chi connectivity index (χ3v) is 7.35. The van der Waals surface area contributed by atoms with Gasteiger partial charge in [-0.05, 0) is 55.1 Å². The summed E-state index contributed by atoms with van der Waals surface area (Å²) in [5, 5.41) is 23.2. The molecule has 9 nitrogen and oxygen atoms in total. The number of piperazine rings is 1. The Morgan fingerprint density at radius 3 is 2.37 bits per heavy atom. The number of nitrogens with zero attached hydrogens (tertiary/aromatic N) is 5. The fourth-order valence-corrected chi connectivity index (χ4v) is 5.57. The lowest BCUT2D eigenvalue weighted by atomic mass is 10.0. The molecule has 1 aliphatic heterocycles. The van der Waals surface area contributed by atoms with Gasteiger partial charge in [-0.3, -0.25) is 4.79 Å². The monoisotopic (exact) mass is 512 g/mol. The van der Waals surface area contributed by atoms with Crippen LogP contribution in [0.3, 0.4) is 0 Å². The van der Waals surface area contributed by atoms with Crippen molar-refractivity contribution in [2.24, 2.45) is 5.73 Å². The van der Waals surface area contributed by atoms with E-state index in [-0.39, 0.29) is 11.7 Å². The number of amides is 2. The highest BCUT2D eigenvalue weighted by atomic mass is 32.2. The highest BCUT2D eigenvalue weighted by Gasteiger charge is 2.30. The molecule has 1 atom stereocenters. The zero-order valence-corrected chi connectivity index (χ0v) is 21.8. The lowest BCUT2D eigenvalue weighted by Crippen LogP contribution is -2.50. The van der Waals surface area contributed by atoms with Crippen LogP contribution in [0.15, 0.2) is 21.9 Å². The van der Waals surface area contributed by atoms with Crippen molar-refractivity contribution in [3.63, 3.8) is 0 Å². The molecule has 1 saturated heterocycles. The maximum atomic E-state index is 12.5. The first kappa shape index (κ1) is 26.3. The van der Waals surface area contributed by atoms with Gasteiger partial charge in [0.1, 0.15) is 33.8 Å². The SMILES string of the molecule is CCc1c(C#N)c(SC(C(N)=O)c2ccsc2)nc(N2CCN(C(=O)OC(C)(C)C)CC2)c1C#N. The molecule has 3 heterocycles. The number of nitrogens with two attached hydrogens (primary N) is 1. The van der Waals surface area contributed by atoms with Gasteiger partial charge in [0.15, 0.2) is 0 Å². The molecule has 2 amide bonds. The lowest BCUT2D eigenvalue weighted by molar-refractivity contribution is -0.117. The van der Waals surface area contributed by atoms with Crippen molar-refractivity contribution >= 4 is 40.9 Å². The summed E-state index contributed by atoms with van der Waals surface area (Å²) in [4.78, 5) is 33.0. The van der Waals surface area contributed by atoms with Crippen molar-refractivity contribution in [2.45, 2.75) is 50.0 Å². The molecule has 35 heavy (non-hydrogen) atoms. The van der Waals surface area contributed by atoms with Crippen LogP contribution in [0.4, 0.5) is 10.6 Å². The maximum Gasteiger partial charge on any atom is 0.410 e. The molecule has 0 radical (unpaired) electrons. The van der Waals surface area contributed by atoms with E-state index in [1.807, 2.05) is 49.4 Å². The average Bonchev–Trinajstić information content (AvgIpc) is 3.34. The van der Waals surface area contributed by atoms with E-state index in [1.54, 1.807) is 4.90 Å². The van der Waals surface area contributed by atoms with Gasteiger partial charge in [-0.15, -0.1) is 0 Å². The predicted molar refractivity (Wildman–Crippen MR) is 135 cm³/mol. The number of pyridine rings is 1. The van der Waals surface area contributed by atoms with E-state index in [2.05, 4.69) is 12.1 Å². The van der Waals surface area contributed by atoms with Crippen molar-refractivity contribution in [2.75, 3.05) is 31.1 Å². The van der Waals surface area contributed by atoms with Gasteiger partial charge < -0.3 is 20.3 Å². The Morgan fingerprint density at radius 2 is 1.89 bits per heavy atom. The number of aromatic nitrogens is 1. The van der Waals surface area contributed by atoms with E-state index >= 15 is 0 Å². The molecule has 0 aliphatic carbocycles. The predicted octanol–water partition coefficient (Wildman–Crippen LogP) is 3.82. The Balaban J connectivity index is 1.95. The minimum Gasteiger partial charge on any atom is -0.444 e. The number of carbonyl (C=O) groups is 2. The number of nitriles is 2. The second-order valence-electron chi connectivity index (χ2n) is 8.96. The first-order valence-corrected chi connectivity index (χ1v) is 13.0. The van der Waals surface area contributed by atoms with E-state index in [0.29, 0.717) is 54.6 Å². The van der Waals surface area contributed by atoms with E-state index in [4.69, 9.17) is 15.5 Å². The molecule has 2 aromatic heterocycles. The molecule has 0 saturated carbocycles. The highest BCUT2D eigenvalue weighted by molar-refractivity contribution is 8.00. The van der Waals surface area contributed by atoms with E-state index in [0.717, 1.165) is 17.3 Å². The standard InChI is InChI=1S/C24H28N6O3S2/c1-5-16-17(12-25)21(29-7-9-30(10-8-29)23(32)33-24(2,3)4)28-22(18(16)13-26)35-19(20(27)31)15-6-11-34-14-15/h6,11,14,19H,5,7-10H2,1-4H3,(H2,27,31). The fourth-order valence-electron chi connectivity index (χ4n) is 3.75. The van der Waals surface area contributed by atoms with E-state index in [1.165, 1.54) is 11.3 Å². The normalized spacial score (nSPS) is 14.7. The van der Waals surface area contributed by atoms with Crippen molar-refractivity contribution in [1.82, 2.24) is 9.88 Å². The van der Waals surface area contributed by atoms with Crippen LogP contribution in [0.5, 0.6) is 0 Å². The number of thioether (sulfide) groups is 1. The number of ether oxygens (including phenoxy) is 1. The Morgan fingerprint density at radius 1 is 1.23 bits per heavy atom. The van der Waals surface area contributed by atoms with Crippen LogP contribution in [-0.2, 0) is 16.0 Å². The van der Waals surface area contributed by atoms with Crippen LogP contribution in [0, 0.1) is 22.7 Å². The van der Waals surface area contributed by atoms with Gasteiger partial charge in [-0.1, -0.05) is 18.7 Å². The van der Waals surface area contributed by atoms with Crippen molar-refractivity contribution < 1.29 is 14.3 Å². The zero-order valence-electron chi connectivity index (χ0n) is 20.2. The molecule has 1 aliphatic rings.